The summed E-state index contributed by atoms with van der Waals surface area (Å²) < 4.78 is 1.46. The second kappa shape index (κ2) is 6.43. The molecule has 0 aliphatic heterocycles. The van der Waals surface area contributed by atoms with Crippen molar-refractivity contribution in [1.29, 1.82) is 0 Å². The Balaban J connectivity index is 2.05. The number of hydrogen-bond donors (Lipinski definition) is 1. The minimum atomic E-state index is -0.643. The summed E-state index contributed by atoms with van der Waals surface area (Å²) in [5, 5.41) is 8.02. The number of halogens is 3. The molecule has 2 aromatic carbocycles. The van der Waals surface area contributed by atoms with Crippen molar-refractivity contribution in [3.05, 3.63) is 67.4 Å². The van der Waals surface area contributed by atoms with Crippen molar-refractivity contribution in [2.24, 2.45) is 7.05 Å². The van der Waals surface area contributed by atoms with Crippen LogP contribution in [0.2, 0.25) is 15.1 Å². The number of amides is 1. The van der Waals surface area contributed by atoms with Crippen LogP contribution in [-0.2, 0) is 7.05 Å². The van der Waals surface area contributed by atoms with Crippen LogP contribution in [0, 0.1) is 0 Å². The van der Waals surface area contributed by atoms with Gasteiger partial charge >= 0.3 is 0 Å². The van der Waals surface area contributed by atoms with Gasteiger partial charge in [-0.3, -0.25) is 14.3 Å². The molecule has 0 unspecified atom stereocenters. The lowest BCUT2D eigenvalue weighted by Crippen LogP contribution is -2.26. The van der Waals surface area contributed by atoms with Crippen molar-refractivity contribution in [2.75, 3.05) is 5.32 Å². The van der Waals surface area contributed by atoms with Gasteiger partial charge in [0.15, 0.2) is 5.69 Å². The predicted molar refractivity (Wildman–Crippen MR) is 96.4 cm³/mol. The molecule has 122 valence electrons. The zero-order valence-corrected chi connectivity index (χ0v) is 14.6. The number of carbonyl (C=O) groups excluding carboxylic acids is 1. The molecule has 0 saturated heterocycles. The highest BCUT2D eigenvalue weighted by molar-refractivity contribution is 6.42. The molecule has 0 aliphatic rings. The molecule has 1 heterocycles. The third-order valence-electron chi connectivity index (χ3n) is 3.41. The van der Waals surface area contributed by atoms with Crippen LogP contribution in [0.3, 0.4) is 0 Å². The number of fused-ring (bicyclic) bond motifs is 1. The van der Waals surface area contributed by atoms with Gasteiger partial charge in [-0.05, 0) is 36.4 Å². The van der Waals surface area contributed by atoms with Crippen LogP contribution < -0.4 is 10.7 Å². The van der Waals surface area contributed by atoms with Crippen LogP contribution in [0.5, 0.6) is 0 Å². The number of nitrogens with zero attached hydrogens (tertiary/aromatic N) is 2. The van der Waals surface area contributed by atoms with Crippen molar-refractivity contribution in [3.63, 3.8) is 0 Å². The van der Waals surface area contributed by atoms with Gasteiger partial charge in [-0.25, -0.2) is 0 Å². The Morgan fingerprint density at radius 2 is 1.83 bits per heavy atom. The van der Waals surface area contributed by atoms with Crippen LogP contribution in [-0.4, -0.2) is 15.7 Å². The Morgan fingerprint density at radius 3 is 2.54 bits per heavy atom. The van der Waals surface area contributed by atoms with E-state index < -0.39 is 11.3 Å². The van der Waals surface area contributed by atoms with E-state index in [9.17, 15) is 9.59 Å². The standard InChI is InChI=1S/C16H10Cl3N3O2/c1-22-13-5-2-8(17)6-10(13)15(23)14(21-22)16(24)20-9-3-4-11(18)12(19)7-9/h2-7H,1H3,(H,20,24). The summed E-state index contributed by atoms with van der Waals surface area (Å²) in [7, 11) is 1.64. The lowest BCUT2D eigenvalue weighted by molar-refractivity contribution is 0.101. The highest BCUT2D eigenvalue weighted by Gasteiger charge is 2.17. The van der Waals surface area contributed by atoms with Gasteiger partial charge in [-0.2, -0.15) is 5.10 Å². The van der Waals surface area contributed by atoms with Gasteiger partial charge in [0, 0.05) is 17.8 Å². The monoisotopic (exact) mass is 381 g/mol. The van der Waals surface area contributed by atoms with Gasteiger partial charge in [-0.15, -0.1) is 0 Å². The minimum absolute atomic E-state index is 0.238. The maximum Gasteiger partial charge on any atom is 0.280 e. The number of aromatic nitrogens is 2. The molecule has 0 saturated carbocycles. The molecule has 0 spiro atoms. The van der Waals surface area contributed by atoms with E-state index in [1.54, 1.807) is 31.3 Å². The van der Waals surface area contributed by atoms with E-state index in [0.29, 0.717) is 31.7 Å². The van der Waals surface area contributed by atoms with Crippen LogP contribution >= 0.6 is 34.8 Å². The Labute approximate surface area is 151 Å². The zero-order chi connectivity index (χ0) is 17.4. The van der Waals surface area contributed by atoms with Gasteiger partial charge < -0.3 is 5.32 Å². The third kappa shape index (κ3) is 3.11. The fourth-order valence-corrected chi connectivity index (χ4v) is 2.73. The molecule has 1 N–H and O–H groups in total. The third-order valence-corrected chi connectivity index (χ3v) is 4.38. The SMILES string of the molecule is Cn1nc(C(=O)Nc2ccc(Cl)c(Cl)c2)c(=O)c2cc(Cl)ccc21. The smallest absolute Gasteiger partial charge is 0.280 e. The molecule has 0 radical (unpaired) electrons. The zero-order valence-electron chi connectivity index (χ0n) is 12.3. The molecule has 0 aliphatic carbocycles. The molecule has 1 aromatic heterocycles. The molecule has 3 aromatic rings. The number of aryl methyl sites for hydroxylation is 1. The molecular formula is C16H10Cl3N3O2. The maximum atomic E-state index is 12.5. The van der Waals surface area contributed by atoms with E-state index in [0.717, 1.165) is 0 Å². The van der Waals surface area contributed by atoms with Gasteiger partial charge in [-0.1, -0.05) is 34.8 Å². The van der Waals surface area contributed by atoms with E-state index >= 15 is 0 Å². The fraction of sp³-hybridized carbons (Fsp3) is 0.0625. The second-order valence-electron chi connectivity index (χ2n) is 5.05. The number of carbonyl (C=O) groups is 1. The van der Waals surface area contributed by atoms with Crippen molar-refractivity contribution < 1.29 is 4.79 Å². The second-order valence-corrected chi connectivity index (χ2v) is 6.30. The Kier molecular flexibility index (Phi) is 4.49. The number of hydrogen-bond acceptors (Lipinski definition) is 3. The highest BCUT2D eigenvalue weighted by atomic mass is 35.5. The summed E-state index contributed by atoms with van der Waals surface area (Å²) >= 11 is 17.7. The van der Waals surface area contributed by atoms with Crippen LogP contribution in [0.1, 0.15) is 10.5 Å². The first kappa shape index (κ1) is 16.8. The van der Waals surface area contributed by atoms with Crippen LogP contribution in [0.4, 0.5) is 5.69 Å². The minimum Gasteiger partial charge on any atom is -0.320 e. The summed E-state index contributed by atoms with van der Waals surface area (Å²) in [6, 6.07) is 9.45. The van der Waals surface area contributed by atoms with Crippen molar-refractivity contribution in [1.82, 2.24) is 9.78 Å². The molecule has 3 rings (SSSR count). The van der Waals surface area contributed by atoms with Crippen molar-refractivity contribution >= 4 is 57.3 Å². The molecular weight excluding hydrogens is 373 g/mol. The number of benzene rings is 2. The number of anilines is 1. The lowest BCUT2D eigenvalue weighted by Gasteiger charge is -2.09. The summed E-state index contributed by atoms with van der Waals surface area (Å²) in [4.78, 5) is 25.0. The van der Waals surface area contributed by atoms with E-state index in [1.807, 2.05) is 0 Å². The van der Waals surface area contributed by atoms with E-state index in [4.69, 9.17) is 34.8 Å². The molecule has 1 amide bonds. The lowest BCUT2D eigenvalue weighted by atomic mass is 10.2. The predicted octanol–water partition coefficient (Wildman–Crippen LogP) is 4.15. The summed E-state index contributed by atoms with van der Waals surface area (Å²) in [6.45, 7) is 0. The normalized spacial score (nSPS) is 10.8. The molecule has 24 heavy (non-hydrogen) atoms. The summed E-state index contributed by atoms with van der Waals surface area (Å²) in [5.74, 6) is -0.643. The first-order valence-corrected chi connectivity index (χ1v) is 7.93. The van der Waals surface area contributed by atoms with Gasteiger partial charge in [0.25, 0.3) is 5.91 Å². The van der Waals surface area contributed by atoms with Crippen molar-refractivity contribution in [2.45, 2.75) is 0 Å². The van der Waals surface area contributed by atoms with Crippen molar-refractivity contribution in [3.8, 4) is 0 Å². The molecule has 0 atom stereocenters. The maximum absolute atomic E-state index is 12.5. The average molecular weight is 383 g/mol. The topological polar surface area (TPSA) is 64.0 Å². The molecule has 0 fully saturated rings. The Bertz CT molecular complexity index is 1030. The van der Waals surface area contributed by atoms with Gasteiger partial charge in [0.1, 0.15) is 0 Å². The largest absolute Gasteiger partial charge is 0.320 e. The summed E-state index contributed by atoms with van der Waals surface area (Å²) in [5.41, 5.74) is 0.251. The van der Waals surface area contributed by atoms with Crippen LogP contribution in [0.15, 0.2) is 41.2 Å². The van der Waals surface area contributed by atoms with Gasteiger partial charge in [0.2, 0.25) is 5.43 Å². The first-order chi connectivity index (χ1) is 11.4. The first-order valence-electron chi connectivity index (χ1n) is 6.80. The molecule has 8 heteroatoms. The number of nitrogens with one attached hydrogen (secondary N) is 1. The van der Waals surface area contributed by atoms with E-state index in [2.05, 4.69) is 10.4 Å². The molecule has 5 nitrogen and oxygen atoms in total. The van der Waals surface area contributed by atoms with E-state index in [-0.39, 0.29) is 5.69 Å². The highest BCUT2D eigenvalue weighted by Crippen LogP contribution is 2.25. The quantitative estimate of drug-likeness (QED) is 0.724. The Hall–Kier alpha value is -2.08. The van der Waals surface area contributed by atoms with E-state index in [1.165, 1.54) is 16.8 Å². The molecule has 0 bridgehead atoms. The number of rotatable bonds is 2. The fourth-order valence-electron chi connectivity index (χ4n) is 2.26. The Morgan fingerprint density at radius 1 is 1.08 bits per heavy atom. The van der Waals surface area contributed by atoms with Gasteiger partial charge in [0.05, 0.1) is 20.9 Å². The summed E-state index contributed by atoms with van der Waals surface area (Å²) in [6.07, 6.45) is 0. The van der Waals surface area contributed by atoms with Crippen LogP contribution in [0.25, 0.3) is 10.9 Å². The average Bonchev–Trinajstić information content (AvgIpc) is 2.54.